The van der Waals surface area contributed by atoms with E-state index in [9.17, 15) is 9.90 Å². The van der Waals surface area contributed by atoms with Crippen LogP contribution in [0, 0.1) is 0 Å². The predicted octanol–water partition coefficient (Wildman–Crippen LogP) is 1.82. The number of nitrogens with zero attached hydrogens (tertiary/aromatic N) is 1. The van der Waals surface area contributed by atoms with E-state index in [0.717, 1.165) is 37.3 Å². The van der Waals surface area contributed by atoms with E-state index in [1.165, 1.54) is 6.42 Å². The van der Waals surface area contributed by atoms with Crippen molar-refractivity contribution in [3.63, 3.8) is 0 Å². The highest BCUT2D eigenvalue weighted by atomic mass is 32.2. The average molecular weight is 229 g/mol. The number of hydrogen-bond acceptors (Lipinski definition) is 3. The largest absolute Gasteiger partial charge is 0.480 e. The fourth-order valence-corrected chi connectivity index (χ4v) is 4.29. The van der Waals surface area contributed by atoms with Crippen LogP contribution in [0.25, 0.3) is 0 Å². The van der Waals surface area contributed by atoms with Crippen LogP contribution in [-0.4, -0.2) is 45.6 Å². The normalized spacial score (nSPS) is 37.3. The van der Waals surface area contributed by atoms with E-state index in [2.05, 4.69) is 11.8 Å². The van der Waals surface area contributed by atoms with Gasteiger partial charge in [-0.3, -0.25) is 9.69 Å². The molecule has 86 valence electrons. The summed E-state index contributed by atoms with van der Waals surface area (Å²) in [5, 5.41) is 9.48. The molecule has 2 atom stereocenters. The third-order valence-corrected chi connectivity index (χ3v) is 4.97. The lowest BCUT2D eigenvalue weighted by Crippen LogP contribution is -2.56. The third kappa shape index (κ3) is 1.78. The molecular weight excluding hydrogens is 210 g/mol. The van der Waals surface area contributed by atoms with Crippen molar-refractivity contribution in [3.05, 3.63) is 0 Å². The summed E-state index contributed by atoms with van der Waals surface area (Å²) >= 11 is 1.79. The highest BCUT2D eigenvalue weighted by Gasteiger charge is 2.50. The Labute approximate surface area is 95.2 Å². The Kier molecular flexibility index (Phi) is 3.26. The van der Waals surface area contributed by atoms with Crippen molar-refractivity contribution in [1.29, 1.82) is 0 Å². The van der Waals surface area contributed by atoms with Gasteiger partial charge in [-0.2, -0.15) is 11.8 Å². The molecule has 2 rings (SSSR count). The van der Waals surface area contributed by atoms with Crippen LogP contribution in [0.3, 0.4) is 0 Å². The second-order valence-corrected chi connectivity index (χ2v) is 5.64. The lowest BCUT2D eigenvalue weighted by molar-refractivity contribution is -0.150. The Morgan fingerprint density at radius 2 is 2.47 bits per heavy atom. The molecule has 0 aromatic carbocycles. The van der Waals surface area contributed by atoms with E-state index in [1.807, 2.05) is 0 Å². The fourth-order valence-electron chi connectivity index (χ4n) is 2.90. The van der Waals surface area contributed by atoms with Gasteiger partial charge in [-0.05, 0) is 38.0 Å². The number of thioether (sulfide) groups is 1. The van der Waals surface area contributed by atoms with Crippen LogP contribution in [0.5, 0.6) is 0 Å². The zero-order chi connectivity index (χ0) is 10.9. The van der Waals surface area contributed by atoms with Crippen LogP contribution in [-0.2, 0) is 4.79 Å². The Hall–Kier alpha value is -0.220. The summed E-state index contributed by atoms with van der Waals surface area (Å²) in [6, 6.07) is 0.500. The monoisotopic (exact) mass is 229 g/mol. The van der Waals surface area contributed by atoms with Crippen molar-refractivity contribution in [2.24, 2.45) is 0 Å². The maximum Gasteiger partial charge on any atom is 0.325 e. The Balaban J connectivity index is 2.20. The number of carboxylic acids is 1. The topological polar surface area (TPSA) is 40.5 Å². The summed E-state index contributed by atoms with van der Waals surface area (Å²) in [5.74, 6) is 1.17. The number of hydrogen-bond donors (Lipinski definition) is 1. The summed E-state index contributed by atoms with van der Waals surface area (Å²) < 4.78 is 0. The van der Waals surface area contributed by atoms with Crippen molar-refractivity contribution in [1.82, 2.24) is 4.90 Å². The molecule has 2 heterocycles. The molecule has 0 aromatic rings. The van der Waals surface area contributed by atoms with Gasteiger partial charge in [0.15, 0.2) is 0 Å². The van der Waals surface area contributed by atoms with Gasteiger partial charge < -0.3 is 5.11 Å². The molecule has 0 radical (unpaired) electrons. The molecule has 2 aliphatic heterocycles. The molecule has 0 amide bonds. The minimum Gasteiger partial charge on any atom is -0.480 e. The molecule has 2 aliphatic rings. The van der Waals surface area contributed by atoms with Crippen molar-refractivity contribution in [2.45, 2.75) is 44.2 Å². The second-order valence-electron chi connectivity index (χ2n) is 4.54. The molecule has 3 nitrogen and oxygen atoms in total. The van der Waals surface area contributed by atoms with Crippen LogP contribution < -0.4 is 0 Å². The molecule has 2 fully saturated rings. The zero-order valence-corrected chi connectivity index (χ0v) is 10.1. The van der Waals surface area contributed by atoms with Gasteiger partial charge in [0.2, 0.25) is 0 Å². The molecule has 0 saturated carbocycles. The lowest BCUT2D eigenvalue weighted by atomic mass is 9.95. The minimum absolute atomic E-state index is 0.500. The average Bonchev–Trinajstić information content (AvgIpc) is 2.86. The van der Waals surface area contributed by atoms with E-state index in [4.69, 9.17) is 0 Å². The molecule has 2 saturated heterocycles. The van der Waals surface area contributed by atoms with Crippen LogP contribution in [0.15, 0.2) is 0 Å². The summed E-state index contributed by atoms with van der Waals surface area (Å²) in [4.78, 5) is 13.8. The van der Waals surface area contributed by atoms with Gasteiger partial charge in [-0.1, -0.05) is 6.92 Å². The first-order valence-electron chi connectivity index (χ1n) is 5.78. The lowest BCUT2D eigenvalue weighted by Gasteiger charge is -2.38. The maximum atomic E-state index is 11.5. The Bertz CT molecular complexity index is 251. The van der Waals surface area contributed by atoms with Crippen molar-refractivity contribution in [3.8, 4) is 0 Å². The van der Waals surface area contributed by atoms with E-state index < -0.39 is 11.5 Å². The first-order valence-corrected chi connectivity index (χ1v) is 6.94. The molecule has 2 unspecified atom stereocenters. The summed E-state index contributed by atoms with van der Waals surface area (Å²) in [6.45, 7) is 3.14. The van der Waals surface area contributed by atoms with Crippen LogP contribution in [0.1, 0.15) is 32.6 Å². The molecule has 1 N–H and O–H groups in total. The molecule has 0 spiro atoms. The molecule has 15 heavy (non-hydrogen) atoms. The van der Waals surface area contributed by atoms with Crippen LogP contribution in [0.2, 0.25) is 0 Å². The van der Waals surface area contributed by atoms with Gasteiger partial charge in [0, 0.05) is 11.8 Å². The van der Waals surface area contributed by atoms with Crippen molar-refractivity contribution < 1.29 is 9.90 Å². The third-order valence-electron chi connectivity index (χ3n) is 3.80. The highest BCUT2D eigenvalue weighted by Crippen LogP contribution is 2.38. The van der Waals surface area contributed by atoms with Crippen molar-refractivity contribution in [2.75, 3.05) is 18.1 Å². The van der Waals surface area contributed by atoms with Crippen molar-refractivity contribution >= 4 is 17.7 Å². The van der Waals surface area contributed by atoms with Crippen LogP contribution >= 0.6 is 11.8 Å². The summed E-state index contributed by atoms with van der Waals surface area (Å²) in [6.07, 6.45) is 4.25. The number of rotatable bonds is 3. The molecule has 0 aromatic heterocycles. The molecular formula is C11H19NO2S. The number of carboxylic acid groups (broad SMARTS) is 1. The fraction of sp³-hybridized carbons (Fsp3) is 0.909. The molecule has 4 heteroatoms. The van der Waals surface area contributed by atoms with Crippen LogP contribution in [0.4, 0.5) is 0 Å². The van der Waals surface area contributed by atoms with E-state index in [0.29, 0.717) is 6.04 Å². The number of likely N-dealkylation sites (tertiary alicyclic amines) is 1. The molecule has 0 bridgehead atoms. The van der Waals surface area contributed by atoms with Gasteiger partial charge in [-0.25, -0.2) is 0 Å². The highest BCUT2D eigenvalue weighted by molar-refractivity contribution is 7.99. The standard InChI is InChI=1S/C11H19NO2S/c1-2-9-4-3-6-12(9)11(10(13)14)5-7-15-8-11/h9H,2-8H2,1H3,(H,13,14). The first kappa shape index (κ1) is 11.3. The summed E-state index contributed by atoms with van der Waals surface area (Å²) in [7, 11) is 0. The van der Waals surface area contributed by atoms with E-state index >= 15 is 0 Å². The maximum absolute atomic E-state index is 11.5. The summed E-state index contributed by atoms with van der Waals surface area (Å²) in [5.41, 5.74) is -0.540. The van der Waals surface area contributed by atoms with Gasteiger partial charge in [0.1, 0.15) is 5.54 Å². The number of aliphatic carboxylic acids is 1. The second kappa shape index (κ2) is 4.34. The Morgan fingerprint density at radius 3 is 3.00 bits per heavy atom. The first-order chi connectivity index (χ1) is 7.20. The van der Waals surface area contributed by atoms with E-state index in [1.54, 1.807) is 11.8 Å². The van der Waals surface area contributed by atoms with Gasteiger partial charge in [-0.15, -0.1) is 0 Å². The number of carbonyl (C=O) groups is 1. The molecule has 0 aliphatic carbocycles. The quantitative estimate of drug-likeness (QED) is 0.801. The minimum atomic E-state index is -0.604. The Morgan fingerprint density at radius 1 is 1.67 bits per heavy atom. The predicted molar refractivity (Wildman–Crippen MR) is 62.3 cm³/mol. The van der Waals surface area contributed by atoms with Gasteiger partial charge >= 0.3 is 5.97 Å². The van der Waals surface area contributed by atoms with Gasteiger partial charge in [0.05, 0.1) is 0 Å². The SMILES string of the molecule is CCC1CCCN1C1(C(=O)O)CCSC1. The van der Waals surface area contributed by atoms with Gasteiger partial charge in [0.25, 0.3) is 0 Å². The van der Waals surface area contributed by atoms with E-state index in [-0.39, 0.29) is 0 Å². The zero-order valence-electron chi connectivity index (χ0n) is 9.24. The smallest absolute Gasteiger partial charge is 0.325 e.